The van der Waals surface area contributed by atoms with Gasteiger partial charge in [0.2, 0.25) is 5.91 Å². The van der Waals surface area contributed by atoms with Crippen molar-refractivity contribution in [3.05, 3.63) is 12.2 Å². The molecule has 1 amide bonds. The lowest BCUT2D eigenvalue weighted by molar-refractivity contribution is -0.165. The van der Waals surface area contributed by atoms with Crippen molar-refractivity contribution < 1.29 is 34.1 Å². The average molecular weight is 343 g/mol. The number of hydrogen-bond donors (Lipinski definition) is 3. The lowest BCUT2D eigenvalue weighted by Crippen LogP contribution is -2.46. The molecular formula is C16H25NO7. The number of nitrogens with one attached hydrogen (secondary N) is 1. The molecule has 0 bridgehead atoms. The Bertz CT molecular complexity index is 515. The van der Waals surface area contributed by atoms with E-state index in [1.807, 2.05) is 0 Å². The summed E-state index contributed by atoms with van der Waals surface area (Å²) in [6.45, 7) is 7.93. The second kappa shape index (κ2) is 9.69. The SMILES string of the molecule is C=C(C)C(=O)OCCNC(=O)CC(CC)(C(=O)O)C(CC)C(=O)O. The number of ether oxygens (including phenoxy) is 1. The molecule has 2 atom stereocenters. The van der Waals surface area contributed by atoms with Crippen LogP contribution in [0.1, 0.15) is 40.0 Å². The first-order valence-corrected chi connectivity index (χ1v) is 7.67. The van der Waals surface area contributed by atoms with Crippen LogP contribution >= 0.6 is 0 Å². The molecule has 136 valence electrons. The summed E-state index contributed by atoms with van der Waals surface area (Å²) in [6.07, 6.45) is -0.359. The normalized spacial score (nSPS) is 14.1. The number of carboxylic acids is 2. The number of esters is 1. The fourth-order valence-corrected chi connectivity index (χ4v) is 2.48. The van der Waals surface area contributed by atoms with Gasteiger partial charge < -0.3 is 20.3 Å². The van der Waals surface area contributed by atoms with Crippen molar-refractivity contribution in [3.63, 3.8) is 0 Å². The molecule has 3 N–H and O–H groups in total. The van der Waals surface area contributed by atoms with Crippen LogP contribution in [0.5, 0.6) is 0 Å². The van der Waals surface area contributed by atoms with Crippen LogP contribution in [0.3, 0.4) is 0 Å². The number of rotatable bonds is 11. The molecule has 0 aliphatic carbocycles. The standard InChI is InChI=1S/C16H25NO7/c1-5-11(13(19)20)16(6-2,15(22)23)9-12(18)17-7-8-24-14(21)10(3)4/h11H,3,5-9H2,1-2,4H3,(H,17,18)(H,19,20)(H,22,23). The predicted octanol–water partition coefficient (Wildman–Crippen LogP) is 1.20. The van der Waals surface area contributed by atoms with E-state index < -0.39 is 41.6 Å². The van der Waals surface area contributed by atoms with Gasteiger partial charge in [-0.1, -0.05) is 20.4 Å². The van der Waals surface area contributed by atoms with Crippen molar-refractivity contribution in [2.75, 3.05) is 13.2 Å². The Morgan fingerprint density at radius 2 is 1.79 bits per heavy atom. The van der Waals surface area contributed by atoms with Gasteiger partial charge in [-0.05, 0) is 19.8 Å². The van der Waals surface area contributed by atoms with Gasteiger partial charge in [-0.15, -0.1) is 0 Å². The van der Waals surface area contributed by atoms with Gasteiger partial charge in [0, 0.05) is 12.0 Å². The molecule has 0 spiro atoms. The zero-order valence-corrected chi connectivity index (χ0v) is 14.3. The Morgan fingerprint density at radius 3 is 2.17 bits per heavy atom. The van der Waals surface area contributed by atoms with Crippen molar-refractivity contribution in [1.29, 1.82) is 0 Å². The Hall–Kier alpha value is -2.38. The summed E-state index contributed by atoms with van der Waals surface area (Å²) in [5, 5.41) is 21.2. The zero-order chi connectivity index (χ0) is 18.9. The highest BCUT2D eigenvalue weighted by Gasteiger charge is 2.48. The third-order valence-electron chi connectivity index (χ3n) is 3.91. The molecule has 0 fully saturated rings. The molecule has 0 radical (unpaired) electrons. The summed E-state index contributed by atoms with van der Waals surface area (Å²) in [4.78, 5) is 46.2. The molecule has 8 nitrogen and oxygen atoms in total. The lowest BCUT2D eigenvalue weighted by atomic mass is 9.69. The molecule has 0 aromatic heterocycles. The fourth-order valence-electron chi connectivity index (χ4n) is 2.48. The van der Waals surface area contributed by atoms with Crippen LogP contribution in [-0.2, 0) is 23.9 Å². The maximum Gasteiger partial charge on any atom is 0.333 e. The molecule has 0 saturated heterocycles. The monoisotopic (exact) mass is 343 g/mol. The molecule has 0 heterocycles. The van der Waals surface area contributed by atoms with E-state index in [1.165, 1.54) is 6.92 Å². The first-order chi connectivity index (χ1) is 11.1. The van der Waals surface area contributed by atoms with E-state index in [0.29, 0.717) is 0 Å². The molecule has 0 aromatic rings. The van der Waals surface area contributed by atoms with E-state index in [9.17, 15) is 29.4 Å². The topological polar surface area (TPSA) is 130 Å². The smallest absolute Gasteiger partial charge is 0.333 e. The van der Waals surface area contributed by atoms with E-state index in [1.54, 1.807) is 13.8 Å². The van der Waals surface area contributed by atoms with Crippen LogP contribution in [-0.4, -0.2) is 47.2 Å². The third-order valence-corrected chi connectivity index (χ3v) is 3.91. The van der Waals surface area contributed by atoms with Gasteiger partial charge in [0.25, 0.3) is 0 Å². The highest BCUT2D eigenvalue weighted by atomic mass is 16.5. The number of carbonyl (C=O) groups excluding carboxylic acids is 2. The summed E-state index contributed by atoms with van der Waals surface area (Å²) in [5.74, 6) is -4.93. The maximum absolute atomic E-state index is 12.0. The van der Waals surface area contributed by atoms with Crippen molar-refractivity contribution in [3.8, 4) is 0 Å². The molecule has 8 heteroatoms. The van der Waals surface area contributed by atoms with Gasteiger partial charge in [-0.3, -0.25) is 14.4 Å². The number of carboxylic acid groups (broad SMARTS) is 2. The van der Waals surface area contributed by atoms with Crippen molar-refractivity contribution >= 4 is 23.8 Å². The molecule has 24 heavy (non-hydrogen) atoms. The fraction of sp³-hybridized carbons (Fsp3) is 0.625. The van der Waals surface area contributed by atoms with Crippen LogP contribution in [0, 0.1) is 11.3 Å². The van der Waals surface area contributed by atoms with Crippen LogP contribution in [0.2, 0.25) is 0 Å². The van der Waals surface area contributed by atoms with Gasteiger partial charge >= 0.3 is 17.9 Å². The average Bonchev–Trinajstić information content (AvgIpc) is 2.49. The minimum atomic E-state index is -1.68. The van der Waals surface area contributed by atoms with Gasteiger partial charge in [0.15, 0.2) is 0 Å². The predicted molar refractivity (Wildman–Crippen MR) is 85.2 cm³/mol. The number of carbonyl (C=O) groups is 4. The lowest BCUT2D eigenvalue weighted by Gasteiger charge is -2.32. The Kier molecular flexibility index (Phi) is 8.73. The van der Waals surface area contributed by atoms with E-state index in [-0.39, 0.29) is 31.6 Å². The summed E-state index contributed by atoms with van der Waals surface area (Å²) >= 11 is 0. The van der Waals surface area contributed by atoms with Gasteiger partial charge in [-0.25, -0.2) is 4.79 Å². The number of amides is 1. The van der Waals surface area contributed by atoms with Crippen molar-refractivity contribution in [2.24, 2.45) is 11.3 Å². The number of hydrogen-bond acceptors (Lipinski definition) is 5. The second-order valence-corrected chi connectivity index (χ2v) is 5.56. The van der Waals surface area contributed by atoms with E-state index >= 15 is 0 Å². The summed E-state index contributed by atoms with van der Waals surface area (Å²) in [5.41, 5.74) is -1.46. The number of aliphatic carboxylic acids is 2. The molecule has 0 aliphatic heterocycles. The Labute approximate surface area is 140 Å². The van der Waals surface area contributed by atoms with Gasteiger partial charge in [0.1, 0.15) is 6.61 Å². The Balaban J connectivity index is 4.84. The highest BCUT2D eigenvalue weighted by Crippen LogP contribution is 2.38. The first kappa shape index (κ1) is 21.6. The summed E-state index contributed by atoms with van der Waals surface area (Å²) in [7, 11) is 0. The molecule has 0 aromatic carbocycles. The van der Waals surface area contributed by atoms with Crippen LogP contribution in [0.15, 0.2) is 12.2 Å². The van der Waals surface area contributed by atoms with Crippen molar-refractivity contribution in [1.82, 2.24) is 5.32 Å². The van der Waals surface area contributed by atoms with Gasteiger partial charge in [-0.2, -0.15) is 0 Å². The summed E-state index contributed by atoms with van der Waals surface area (Å²) < 4.78 is 4.80. The first-order valence-electron chi connectivity index (χ1n) is 7.67. The van der Waals surface area contributed by atoms with E-state index in [4.69, 9.17) is 4.74 Å². The third kappa shape index (κ3) is 5.68. The highest BCUT2D eigenvalue weighted by molar-refractivity contribution is 5.89. The van der Waals surface area contributed by atoms with Crippen LogP contribution in [0.4, 0.5) is 0 Å². The van der Waals surface area contributed by atoms with Crippen LogP contribution in [0.25, 0.3) is 0 Å². The molecular weight excluding hydrogens is 318 g/mol. The summed E-state index contributed by atoms with van der Waals surface area (Å²) in [6, 6.07) is 0. The van der Waals surface area contributed by atoms with E-state index in [0.717, 1.165) is 0 Å². The minimum Gasteiger partial charge on any atom is -0.481 e. The Morgan fingerprint density at radius 1 is 1.21 bits per heavy atom. The minimum absolute atomic E-state index is 0.00112. The van der Waals surface area contributed by atoms with Crippen LogP contribution < -0.4 is 5.32 Å². The van der Waals surface area contributed by atoms with E-state index in [2.05, 4.69) is 11.9 Å². The zero-order valence-electron chi connectivity index (χ0n) is 14.3. The quantitative estimate of drug-likeness (QED) is 0.292. The molecule has 2 unspecified atom stereocenters. The maximum atomic E-state index is 12.0. The molecule has 0 rings (SSSR count). The second-order valence-electron chi connectivity index (χ2n) is 5.56. The molecule has 0 aliphatic rings. The largest absolute Gasteiger partial charge is 0.481 e. The molecule has 0 saturated carbocycles. The van der Waals surface area contributed by atoms with Crippen molar-refractivity contribution in [2.45, 2.75) is 40.0 Å². The van der Waals surface area contributed by atoms with Gasteiger partial charge in [0.05, 0.1) is 17.9 Å².